The van der Waals surface area contributed by atoms with Crippen molar-refractivity contribution < 1.29 is 9.47 Å². The number of ether oxygens (including phenoxy) is 2. The first kappa shape index (κ1) is 14.5. The second-order valence-corrected chi connectivity index (χ2v) is 6.52. The van der Waals surface area contributed by atoms with E-state index in [0.29, 0.717) is 10.6 Å². The average molecular weight is 329 g/mol. The highest BCUT2D eigenvalue weighted by molar-refractivity contribution is 6.31. The zero-order chi connectivity index (χ0) is 16.5. The van der Waals surface area contributed by atoms with Crippen LogP contribution in [0.4, 0.5) is 0 Å². The van der Waals surface area contributed by atoms with Crippen molar-refractivity contribution in [3.8, 4) is 12.1 Å². The quantitative estimate of drug-likeness (QED) is 0.848. The third kappa shape index (κ3) is 1.34. The van der Waals surface area contributed by atoms with Crippen LogP contribution < -0.4 is 5.73 Å². The smallest absolute Gasteiger partial charge is 0.293 e. The topological polar surface area (TPSA) is 104 Å². The first-order chi connectivity index (χ1) is 11.0. The zero-order valence-corrected chi connectivity index (χ0v) is 13.0. The van der Waals surface area contributed by atoms with E-state index in [2.05, 4.69) is 17.1 Å². The first-order valence-electron chi connectivity index (χ1n) is 7.23. The Labute approximate surface area is 138 Å². The van der Waals surface area contributed by atoms with E-state index in [9.17, 15) is 10.5 Å². The number of benzene rings is 1. The molecule has 2 heterocycles. The standard InChI is InChI=1S/C16H13ClN4O2/c1-9-6-22-16(23-9)15(8-19)12(10-4-2-3-5-11(10)17)14(15,7-18)13(20)21-16/h2-5,9,12H,6H2,1H3,(H2,20,21). The fraction of sp³-hybridized carbons (Fsp3) is 0.438. The van der Waals surface area contributed by atoms with E-state index < -0.39 is 22.7 Å². The van der Waals surface area contributed by atoms with Gasteiger partial charge in [0.25, 0.3) is 5.91 Å². The van der Waals surface area contributed by atoms with Gasteiger partial charge in [-0.3, -0.25) is 0 Å². The van der Waals surface area contributed by atoms with Crippen LogP contribution in [0, 0.1) is 33.5 Å². The Morgan fingerprint density at radius 1 is 1.35 bits per heavy atom. The van der Waals surface area contributed by atoms with Gasteiger partial charge in [0.05, 0.1) is 24.8 Å². The summed E-state index contributed by atoms with van der Waals surface area (Å²) in [5.74, 6) is -2.01. The predicted molar refractivity (Wildman–Crippen MR) is 81.1 cm³/mol. The molecule has 0 bridgehead atoms. The normalized spacial score (nSPS) is 43.6. The summed E-state index contributed by atoms with van der Waals surface area (Å²) in [4.78, 5) is 4.25. The summed E-state index contributed by atoms with van der Waals surface area (Å²) in [6.07, 6.45) is -0.237. The Morgan fingerprint density at radius 2 is 2.09 bits per heavy atom. The van der Waals surface area contributed by atoms with Crippen LogP contribution >= 0.6 is 11.6 Å². The molecule has 0 aromatic heterocycles. The van der Waals surface area contributed by atoms with E-state index in [-0.39, 0.29) is 18.5 Å². The van der Waals surface area contributed by atoms with E-state index in [1.54, 1.807) is 18.2 Å². The molecule has 116 valence electrons. The second-order valence-electron chi connectivity index (χ2n) is 6.11. The third-order valence-corrected chi connectivity index (χ3v) is 5.36. The number of nitriles is 2. The van der Waals surface area contributed by atoms with E-state index in [0.717, 1.165) is 0 Å². The molecule has 1 aromatic rings. The summed E-state index contributed by atoms with van der Waals surface area (Å²) in [6.45, 7) is 2.11. The summed E-state index contributed by atoms with van der Waals surface area (Å²) in [5, 5.41) is 20.3. The van der Waals surface area contributed by atoms with E-state index in [4.69, 9.17) is 26.8 Å². The highest BCUT2D eigenvalue weighted by Gasteiger charge is 2.94. The lowest BCUT2D eigenvalue weighted by atomic mass is 9.94. The summed E-state index contributed by atoms with van der Waals surface area (Å²) in [7, 11) is 0. The van der Waals surface area contributed by atoms with E-state index in [1.165, 1.54) is 0 Å². The Balaban J connectivity index is 1.95. The second kappa shape index (κ2) is 4.24. The maximum Gasteiger partial charge on any atom is 0.293 e. The van der Waals surface area contributed by atoms with Crippen LogP contribution in [0.2, 0.25) is 5.02 Å². The zero-order valence-electron chi connectivity index (χ0n) is 12.3. The van der Waals surface area contributed by atoms with Gasteiger partial charge in [0, 0.05) is 10.9 Å². The SMILES string of the molecule is CC1COC2(N=C(N)C3(C#N)C(c4ccccc4Cl)C23C#N)O1. The Kier molecular flexibility index (Phi) is 2.67. The Hall–Kier alpha value is -2.12. The molecular weight excluding hydrogens is 316 g/mol. The molecular formula is C16H13ClN4O2. The number of hydrogen-bond donors (Lipinski definition) is 1. The van der Waals surface area contributed by atoms with Crippen molar-refractivity contribution in [1.82, 2.24) is 0 Å². The number of nitrogens with two attached hydrogens (primary N) is 1. The van der Waals surface area contributed by atoms with Crippen molar-refractivity contribution in [3.63, 3.8) is 0 Å². The molecule has 3 aliphatic rings. The highest BCUT2D eigenvalue weighted by atomic mass is 35.5. The van der Waals surface area contributed by atoms with Gasteiger partial charge in [0.1, 0.15) is 11.3 Å². The molecule has 2 aliphatic heterocycles. The molecule has 4 rings (SSSR count). The predicted octanol–water partition coefficient (Wildman–Crippen LogP) is 1.92. The maximum atomic E-state index is 9.98. The van der Waals surface area contributed by atoms with Gasteiger partial charge in [0.2, 0.25) is 0 Å². The number of aliphatic imine (C=N–C) groups is 1. The molecule has 6 nitrogen and oxygen atoms in total. The molecule has 1 spiro atoms. The molecule has 5 atom stereocenters. The van der Waals surface area contributed by atoms with Crippen molar-refractivity contribution in [1.29, 1.82) is 10.5 Å². The van der Waals surface area contributed by atoms with Crippen LogP contribution in [0.15, 0.2) is 29.3 Å². The molecule has 1 aliphatic carbocycles. The van der Waals surface area contributed by atoms with Gasteiger partial charge in [-0.05, 0) is 18.6 Å². The minimum Gasteiger partial charge on any atom is -0.386 e. The molecule has 1 saturated heterocycles. The summed E-state index contributed by atoms with van der Waals surface area (Å²) in [5.41, 5.74) is 4.15. The van der Waals surface area contributed by atoms with Gasteiger partial charge in [-0.25, -0.2) is 4.99 Å². The van der Waals surface area contributed by atoms with Gasteiger partial charge in [-0.15, -0.1) is 0 Å². The van der Waals surface area contributed by atoms with Gasteiger partial charge < -0.3 is 15.2 Å². The first-order valence-corrected chi connectivity index (χ1v) is 7.61. The molecule has 1 saturated carbocycles. The lowest BCUT2D eigenvalue weighted by Crippen LogP contribution is -2.39. The molecule has 5 unspecified atom stereocenters. The molecule has 1 aromatic carbocycles. The number of rotatable bonds is 1. The average Bonchev–Trinajstić information content (AvgIpc) is 2.91. The molecule has 23 heavy (non-hydrogen) atoms. The summed E-state index contributed by atoms with van der Waals surface area (Å²) >= 11 is 6.30. The van der Waals surface area contributed by atoms with Crippen molar-refractivity contribution >= 4 is 17.4 Å². The number of hydrogen-bond acceptors (Lipinski definition) is 6. The molecule has 0 radical (unpaired) electrons. The van der Waals surface area contributed by atoms with E-state index in [1.807, 2.05) is 13.0 Å². The van der Waals surface area contributed by atoms with Gasteiger partial charge >= 0.3 is 0 Å². The lowest BCUT2D eigenvalue weighted by Gasteiger charge is -2.26. The van der Waals surface area contributed by atoms with Crippen LogP contribution in [0.5, 0.6) is 0 Å². The third-order valence-electron chi connectivity index (χ3n) is 5.02. The summed E-state index contributed by atoms with van der Waals surface area (Å²) < 4.78 is 11.6. The van der Waals surface area contributed by atoms with Crippen molar-refractivity contribution in [2.24, 2.45) is 21.6 Å². The fourth-order valence-electron chi connectivity index (χ4n) is 4.04. The molecule has 0 amide bonds. The Bertz CT molecular complexity index is 828. The van der Waals surface area contributed by atoms with Gasteiger partial charge in [0.15, 0.2) is 5.41 Å². The number of halogens is 1. The van der Waals surface area contributed by atoms with Crippen LogP contribution in [-0.2, 0) is 9.47 Å². The molecule has 7 heteroatoms. The summed E-state index contributed by atoms with van der Waals surface area (Å²) in [6, 6.07) is 11.6. The van der Waals surface area contributed by atoms with Crippen molar-refractivity contribution in [2.75, 3.05) is 6.61 Å². The van der Waals surface area contributed by atoms with Crippen LogP contribution in [0.3, 0.4) is 0 Å². The number of nitrogens with zero attached hydrogens (tertiary/aromatic N) is 3. The molecule has 2 N–H and O–H groups in total. The largest absolute Gasteiger partial charge is 0.386 e. The fourth-order valence-corrected chi connectivity index (χ4v) is 4.28. The minimum atomic E-state index is -1.54. The highest BCUT2D eigenvalue weighted by Crippen LogP contribution is 2.82. The van der Waals surface area contributed by atoms with E-state index >= 15 is 0 Å². The lowest BCUT2D eigenvalue weighted by molar-refractivity contribution is -0.193. The number of fused-ring (bicyclic) bond motifs is 2. The van der Waals surface area contributed by atoms with Crippen LogP contribution in [0.1, 0.15) is 18.4 Å². The van der Waals surface area contributed by atoms with Crippen molar-refractivity contribution in [2.45, 2.75) is 24.9 Å². The maximum absolute atomic E-state index is 9.98. The van der Waals surface area contributed by atoms with Crippen LogP contribution in [-0.4, -0.2) is 24.5 Å². The Morgan fingerprint density at radius 3 is 2.65 bits per heavy atom. The monoisotopic (exact) mass is 328 g/mol. The van der Waals surface area contributed by atoms with Crippen molar-refractivity contribution in [3.05, 3.63) is 34.9 Å². The minimum absolute atomic E-state index is 0.0700. The van der Waals surface area contributed by atoms with Gasteiger partial charge in [-0.2, -0.15) is 10.5 Å². The number of amidine groups is 1. The molecule has 2 fully saturated rings. The van der Waals surface area contributed by atoms with Gasteiger partial charge in [-0.1, -0.05) is 29.8 Å². The van der Waals surface area contributed by atoms with Crippen LogP contribution in [0.25, 0.3) is 0 Å².